The van der Waals surface area contributed by atoms with Crippen molar-refractivity contribution in [1.29, 1.82) is 0 Å². The third kappa shape index (κ3) is 0.816. The van der Waals surface area contributed by atoms with Crippen LogP contribution in [0.2, 0.25) is 0 Å². The summed E-state index contributed by atoms with van der Waals surface area (Å²) < 4.78 is 4.39. The molecule has 0 aliphatic carbocycles. The Morgan fingerprint density at radius 2 is 2.50 bits per heavy atom. The summed E-state index contributed by atoms with van der Waals surface area (Å²) >= 11 is 0. The number of cyclic esters (lactones) is 1. The van der Waals surface area contributed by atoms with Gasteiger partial charge in [0.1, 0.15) is 0 Å². The molecule has 2 unspecified atom stereocenters. The second-order valence-electron chi connectivity index (χ2n) is 2.03. The first-order chi connectivity index (χ1) is 3.70. The molecule has 1 aliphatic rings. The van der Waals surface area contributed by atoms with Crippen molar-refractivity contribution in [3.8, 4) is 0 Å². The first-order valence-corrected chi connectivity index (χ1v) is 2.58. The number of esters is 1. The van der Waals surface area contributed by atoms with Crippen molar-refractivity contribution in [3.63, 3.8) is 0 Å². The second kappa shape index (κ2) is 1.74. The highest BCUT2D eigenvalue weighted by atomic mass is 16.6. The van der Waals surface area contributed by atoms with Crippen molar-refractivity contribution < 1.29 is 14.6 Å². The van der Waals surface area contributed by atoms with Crippen molar-refractivity contribution >= 4 is 5.97 Å². The molecule has 3 nitrogen and oxygen atoms in total. The molecule has 0 aromatic rings. The minimum Gasteiger partial charge on any atom is -0.436 e. The lowest BCUT2D eigenvalue weighted by atomic mass is 10.1. The maximum absolute atomic E-state index is 10.4. The van der Waals surface area contributed by atoms with E-state index in [1.54, 1.807) is 6.92 Å². The van der Waals surface area contributed by atoms with Gasteiger partial charge in [-0.3, -0.25) is 4.79 Å². The highest BCUT2D eigenvalue weighted by molar-refractivity contribution is 5.73. The number of aliphatic hydroxyl groups excluding tert-OH is 1. The molecule has 1 saturated heterocycles. The summed E-state index contributed by atoms with van der Waals surface area (Å²) in [6, 6.07) is 0. The maximum atomic E-state index is 10.4. The summed E-state index contributed by atoms with van der Waals surface area (Å²) in [6.07, 6.45) is -0.406. The number of hydrogen-bond donors (Lipinski definition) is 1. The van der Waals surface area contributed by atoms with Gasteiger partial charge in [-0.1, -0.05) is 6.92 Å². The zero-order chi connectivity index (χ0) is 6.15. The number of rotatable bonds is 0. The number of aliphatic hydroxyl groups is 1. The van der Waals surface area contributed by atoms with Crippen LogP contribution < -0.4 is 0 Å². The maximum Gasteiger partial charge on any atom is 0.311 e. The van der Waals surface area contributed by atoms with E-state index >= 15 is 0 Å². The van der Waals surface area contributed by atoms with Gasteiger partial charge >= 0.3 is 5.97 Å². The molecular formula is C5H8O3. The molecule has 2 atom stereocenters. The monoisotopic (exact) mass is 116 g/mol. The van der Waals surface area contributed by atoms with Gasteiger partial charge in [0.15, 0.2) is 0 Å². The molecule has 3 heteroatoms. The van der Waals surface area contributed by atoms with Crippen LogP contribution in [-0.2, 0) is 9.53 Å². The molecule has 0 aromatic carbocycles. The van der Waals surface area contributed by atoms with Gasteiger partial charge in [0, 0.05) is 6.42 Å². The zero-order valence-corrected chi connectivity index (χ0v) is 4.63. The van der Waals surface area contributed by atoms with Gasteiger partial charge in [-0.25, -0.2) is 0 Å². The summed E-state index contributed by atoms with van der Waals surface area (Å²) in [5, 5.41) is 8.63. The van der Waals surface area contributed by atoms with Crippen LogP contribution in [0.25, 0.3) is 0 Å². The van der Waals surface area contributed by atoms with Crippen molar-refractivity contribution in [1.82, 2.24) is 0 Å². The van der Waals surface area contributed by atoms with E-state index in [0.717, 1.165) is 0 Å². The van der Waals surface area contributed by atoms with Gasteiger partial charge < -0.3 is 9.84 Å². The van der Waals surface area contributed by atoms with Crippen molar-refractivity contribution in [2.24, 2.45) is 5.92 Å². The smallest absolute Gasteiger partial charge is 0.311 e. The van der Waals surface area contributed by atoms with Crippen LogP contribution in [0.5, 0.6) is 0 Å². The van der Waals surface area contributed by atoms with E-state index in [0.29, 0.717) is 6.42 Å². The lowest BCUT2D eigenvalue weighted by molar-refractivity contribution is -0.155. The highest BCUT2D eigenvalue weighted by Crippen LogP contribution is 2.17. The van der Waals surface area contributed by atoms with E-state index in [-0.39, 0.29) is 11.9 Å². The van der Waals surface area contributed by atoms with E-state index in [2.05, 4.69) is 4.74 Å². The molecule has 8 heavy (non-hydrogen) atoms. The van der Waals surface area contributed by atoms with E-state index in [1.165, 1.54) is 0 Å². The number of ether oxygens (including phenoxy) is 1. The van der Waals surface area contributed by atoms with E-state index in [1.807, 2.05) is 0 Å². The Morgan fingerprint density at radius 1 is 1.88 bits per heavy atom. The Morgan fingerprint density at radius 3 is 2.62 bits per heavy atom. The molecule has 1 aliphatic heterocycles. The SMILES string of the molecule is CC1CC(O)OC1=O. The summed E-state index contributed by atoms with van der Waals surface area (Å²) in [5.41, 5.74) is 0. The molecule has 0 saturated carbocycles. The van der Waals surface area contributed by atoms with Crippen molar-refractivity contribution in [3.05, 3.63) is 0 Å². The van der Waals surface area contributed by atoms with Crippen LogP contribution in [0.3, 0.4) is 0 Å². The molecule has 1 N–H and O–H groups in total. The minimum absolute atomic E-state index is 0.120. The molecule has 0 aromatic heterocycles. The molecule has 1 fully saturated rings. The predicted octanol–water partition coefficient (Wildman–Crippen LogP) is -0.112. The van der Waals surface area contributed by atoms with Crippen LogP contribution in [-0.4, -0.2) is 17.4 Å². The lowest BCUT2D eigenvalue weighted by Crippen LogP contribution is -2.04. The minimum atomic E-state index is -0.850. The molecule has 0 spiro atoms. The van der Waals surface area contributed by atoms with Gasteiger partial charge in [-0.2, -0.15) is 0 Å². The van der Waals surface area contributed by atoms with E-state index in [4.69, 9.17) is 5.11 Å². The largest absolute Gasteiger partial charge is 0.436 e. The number of carbonyl (C=O) groups excluding carboxylic acids is 1. The molecule has 1 rings (SSSR count). The third-order valence-electron chi connectivity index (χ3n) is 1.21. The molecule has 46 valence electrons. The van der Waals surface area contributed by atoms with Crippen molar-refractivity contribution in [2.75, 3.05) is 0 Å². The Kier molecular flexibility index (Phi) is 1.21. The standard InChI is InChI=1S/C5H8O3/c1-3-2-4(6)8-5(3)7/h3-4,6H,2H2,1H3. The van der Waals surface area contributed by atoms with Crippen molar-refractivity contribution in [2.45, 2.75) is 19.6 Å². The van der Waals surface area contributed by atoms with Gasteiger partial charge in [-0.15, -0.1) is 0 Å². The van der Waals surface area contributed by atoms with Crippen LogP contribution in [0.15, 0.2) is 0 Å². The Hall–Kier alpha value is -0.570. The summed E-state index contributed by atoms with van der Waals surface area (Å²) in [4.78, 5) is 10.4. The first kappa shape index (κ1) is 5.56. The third-order valence-corrected chi connectivity index (χ3v) is 1.21. The number of hydrogen-bond acceptors (Lipinski definition) is 3. The average molecular weight is 116 g/mol. The zero-order valence-electron chi connectivity index (χ0n) is 4.63. The molecule has 0 amide bonds. The van der Waals surface area contributed by atoms with Crippen LogP contribution in [0, 0.1) is 5.92 Å². The Labute approximate surface area is 47.3 Å². The van der Waals surface area contributed by atoms with Gasteiger partial charge in [-0.05, 0) is 0 Å². The molecule has 0 radical (unpaired) electrons. The fourth-order valence-electron chi connectivity index (χ4n) is 0.697. The highest BCUT2D eigenvalue weighted by Gasteiger charge is 2.28. The lowest BCUT2D eigenvalue weighted by Gasteiger charge is -1.94. The summed E-state index contributed by atoms with van der Waals surface area (Å²) in [5.74, 6) is -0.414. The van der Waals surface area contributed by atoms with Gasteiger partial charge in [0.2, 0.25) is 6.29 Å². The fourth-order valence-corrected chi connectivity index (χ4v) is 0.697. The van der Waals surface area contributed by atoms with E-state index < -0.39 is 6.29 Å². The van der Waals surface area contributed by atoms with E-state index in [9.17, 15) is 4.79 Å². The normalized spacial score (nSPS) is 37.5. The topological polar surface area (TPSA) is 46.5 Å². The summed E-state index contributed by atoms with van der Waals surface area (Å²) in [7, 11) is 0. The molecule has 1 heterocycles. The fraction of sp³-hybridized carbons (Fsp3) is 0.800. The van der Waals surface area contributed by atoms with Gasteiger partial charge in [0.25, 0.3) is 0 Å². The summed E-state index contributed by atoms with van der Waals surface area (Å²) in [6.45, 7) is 1.73. The van der Waals surface area contributed by atoms with Crippen LogP contribution >= 0.6 is 0 Å². The molecular weight excluding hydrogens is 108 g/mol. The Balaban J connectivity index is 2.51. The Bertz CT molecular complexity index is 110. The van der Waals surface area contributed by atoms with Crippen LogP contribution in [0.1, 0.15) is 13.3 Å². The van der Waals surface area contributed by atoms with Gasteiger partial charge in [0.05, 0.1) is 5.92 Å². The van der Waals surface area contributed by atoms with Crippen LogP contribution in [0.4, 0.5) is 0 Å². The predicted molar refractivity (Wildman–Crippen MR) is 25.9 cm³/mol. The quantitative estimate of drug-likeness (QED) is 0.449. The molecule has 0 bridgehead atoms. The number of carbonyl (C=O) groups is 1. The first-order valence-electron chi connectivity index (χ1n) is 2.58. The second-order valence-corrected chi connectivity index (χ2v) is 2.03. The average Bonchev–Trinajstić information content (AvgIpc) is 1.85.